The fourth-order valence-corrected chi connectivity index (χ4v) is 5.94. The van der Waals surface area contributed by atoms with Crippen LogP contribution >= 0.6 is 0 Å². The lowest BCUT2D eigenvalue weighted by Gasteiger charge is -2.22. The van der Waals surface area contributed by atoms with Crippen molar-refractivity contribution in [3.8, 4) is 0 Å². The van der Waals surface area contributed by atoms with Crippen LogP contribution in [0.2, 0.25) is 25.2 Å². The van der Waals surface area contributed by atoms with E-state index in [0.29, 0.717) is 0 Å². The molecule has 0 unspecified atom stereocenters. The molecule has 0 aliphatic heterocycles. The van der Waals surface area contributed by atoms with Crippen LogP contribution in [0.3, 0.4) is 0 Å². The zero-order chi connectivity index (χ0) is 10.2. The van der Waals surface area contributed by atoms with Crippen LogP contribution in [0.4, 0.5) is 0 Å². The second kappa shape index (κ2) is 7.69. The summed E-state index contributed by atoms with van der Waals surface area (Å²) in [4.78, 5) is 0. The quantitative estimate of drug-likeness (QED) is 0.464. The molecule has 0 rings (SSSR count). The van der Waals surface area contributed by atoms with E-state index in [1.807, 2.05) is 0 Å². The molecule has 0 radical (unpaired) electrons. The summed E-state index contributed by atoms with van der Waals surface area (Å²) in [6, 6.07) is 2.13. The smallest absolute Gasteiger partial charge is 0.173 e. The average Bonchev–Trinajstić information content (AvgIpc) is 2.09. The molecule has 0 bridgehead atoms. The first-order valence-corrected chi connectivity index (χ1v) is 9.67. The number of aliphatic hydroxyl groups is 2. The second-order valence-electron chi connectivity index (χ2n) is 3.87. The van der Waals surface area contributed by atoms with Crippen molar-refractivity contribution in [2.24, 2.45) is 0 Å². The molecule has 0 spiro atoms. The monoisotopic (exact) mass is 222 g/mol. The Morgan fingerprint density at radius 3 is 2.31 bits per heavy atom. The Hall–Kier alpha value is 0.314. The molecule has 2 N–H and O–H groups in total. The molecular weight excluding hydrogens is 200 g/mol. The molecule has 0 atom stereocenters. The molecule has 5 heteroatoms. The van der Waals surface area contributed by atoms with E-state index in [-0.39, 0.29) is 13.2 Å². The lowest BCUT2D eigenvalue weighted by atomic mass is 10.5. The summed E-state index contributed by atoms with van der Waals surface area (Å²) >= 11 is 0. The van der Waals surface area contributed by atoms with Gasteiger partial charge in [-0.3, -0.25) is 0 Å². The van der Waals surface area contributed by atoms with Gasteiger partial charge in [-0.1, -0.05) is 0 Å². The van der Waals surface area contributed by atoms with Gasteiger partial charge in [-0.05, 0) is 38.0 Å². The third-order valence-electron chi connectivity index (χ3n) is 1.98. The maximum Gasteiger partial charge on any atom is 0.173 e. The number of rotatable bonds is 8. The Bertz CT molecular complexity index is 120. The van der Waals surface area contributed by atoms with Crippen LogP contribution in [0, 0.1) is 0 Å². The molecule has 80 valence electrons. The van der Waals surface area contributed by atoms with E-state index in [0.717, 1.165) is 24.9 Å². The van der Waals surface area contributed by atoms with Gasteiger partial charge in [0.1, 0.15) is 9.76 Å². The van der Waals surface area contributed by atoms with Gasteiger partial charge in [0, 0.05) is 13.2 Å². The van der Waals surface area contributed by atoms with Crippen LogP contribution in [0.5, 0.6) is 0 Å². The van der Waals surface area contributed by atoms with Crippen molar-refractivity contribution in [3.63, 3.8) is 0 Å². The van der Waals surface area contributed by atoms with E-state index in [2.05, 4.69) is 13.1 Å². The molecule has 0 aromatic carbocycles. The predicted octanol–water partition coefficient (Wildman–Crippen LogP) is 0.475. The highest BCUT2D eigenvalue weighted by molar-refractivity contribution is 6.75. The molecule has 0 aliphatic rings. The van der Waals surface area contributed by atoms with Crippen molar-refractivity contribution in [2.75, 3.05) is 13.2 Å². The largest absolute Gasteiger partial charge is 0.460 e. The van der Waals surface area contributed by atoms with Crippen LogP contribution in [-0.2, 0) is 4.12 Å². The van der Waals surface area contributed by atoms with Crippen LogP contribution in [0.25, 0.3) is 0 Å². The molecule has 0 aliphatic carbocycles. The van der Waals surface area contributed by atoms with E-state index >= 15 is 0 Å². The standard InChI is InChI=1S/C8H22O3Si2/c1-13(2,8-4-6-10)11-12-7-3-5-9/h9-10H,3-8,12H2,1-2H3. The van der Waals surface area contributed by atoms with Gasteiger partial charge < -0.3 is 14.3 Å². The molecule has 3 nitrogen and oxygen atoms in total. The predicted molar refractivity (Wildman–Crippen MR) is 60.1 cm³/mol. The Balaban J connectivity index is 3.39. The number of aliphatic hydroxyl groups excluding tert-OH is 2. The summed E-state index contributed by atoms with van der Waals surface area (Å²) < 4.78 is 5.89. The van der Waals surface area contributed by atoms with Crippen LogP contribution in [-0.4, -0.2) is 41.5 Å². The van der Waals surface area contributed by atoms with E-state index in [1.54, 1.807) is 0 Å². The van der Waals surface area contributed by atoms with Gasteiger partial charge >= 0.3 is 0 Å². The fraction of sp³-hybridized carbons (Fsp3) is 1.00. The topological polar surface area (TPSA) is 49.7 Å². The van der Waals surface area contributed by atoms with Gasteiger partial charge in [-0.15, -0.1) is 0 Å². The first-order chi connectivity index (χ1) is 6.12. The van der Waals surface area contributed by atoms with Crippen molar-refractivity contribution in [1.82, 2.24) is 0 Å². The minimum Gasteiger partial charge on any atom is -0.460 e. The lowest BCUT2D eigenvalue weighted by molar-refractivity contribution is 0.292. The first kappa shape index (κ1) is 13.3. The van der Waals surface area contributed by atoms with E-state index in [1.165, 1.54) is 0 Å². The highest BCUT2D eigenvalue weighted by Crippen LogP contribution is 2.13. The first-order valence-electron chi connectivity index (χ1n) is 4.98. The third kappa shape index (κ3) is 8.64. The minimum atomic E-state index is -1.45. The van der Waals surface area contributed by atoms with Crippen molar-refractivity contribution >= 4 is 18.1 Å². The Kier molecular flexibility index (Phi) is 7.88. The Labute approximate surface area is 84.2 Å². The third-order valence-corrected chi connectivity index (χ3v) is 8.27. The van der Waals surface area contributed by atoms with E-state index < -0.39 is 18.1 Å². The summed E-state index contributed by atoms with van der Waals surface area (Å²) in [5.41, 5.74) is 0. The van der Waals surface area contributed by atoms with Crippen molar-refractivity contribution < 1.29 is 14.3 Å². The van der Waals surface area contributed by atoms with Gasteiger partial charge in [0.2, 0.25) is 0 Å². The summed E-state index contributed by atoms with van der Waals surface area (Å²) in [5, 5.41) is 17.3. The average molecular weight is 222 g/mol. The molecular formula is C8H22O3Si2. The van der Waals surface area contributed by atoms with Gasteiger partial charge in [-0.2, -0.15) is 0 Å². The molecule has 0 heterocycles. The maximum atomic E-state index is 8.68. The van der Waals surface area contributed by atoms with Gasteiger partial charge in [0.25, 0.3) is 0 Å². The molecule has 0 saturated carbocycles. The minimum absolute atomic E-state index is 0.276. The highest BCUT2D eigenvalue weighted by atomic mass is 28.4. The molecule has 0 amide bonds. The summed E-state index contributed by atoms with van der Waals surface area (Å²) in [7, 11) is -1.87. The zero-order valence-corrected chi connectivity index (χ0v) is 11.2. The van der Waals surface area contributed by atoms with Gasteiger partial charge in [0.05, 0.1) is 0 Å². The molecule has 13 heavy (non-hydrogen) atoms. The summed E-state index contributed by atoms with van der Waals surface area (Å²) in [6.45, 7) is 4.97. The fourth-order valence-electron chi connectivity index (χ4n) is 1.14. The van der Waals surface area contributed by atoms with Crippen LogP contribution < -0.4 is 0 Å². The van der Waals surface area contributed by atoms with Crippen molar-refractivity contribution in [2.45, 2.75) is 38.0 Å². The van der Waals surface area contributed by atoms with Gasteiger partial charge in [-0.25, -0.2) is 0 Å². The Morgan fingerprint density at radius 1 is 1.15 bits per heavy atom. The molecule has 0 fully saturated rings. The zero-order valence-electron chi connectivity index (χ0n) is 8.75. The molecule has 0 aromatic rings. The summed E-state index contributed by atoms with van der Waals surface area (Å²) in [6.07, 6.45) is 1.75. The molecule has 0 saturated heterocycles. The van der Waals surface area contributed by atoms with E-state index in [4.69, 9.17) is 14.3 Å². The lowest BCUT2D eigenvalue weighted by Crippen LogP contribution is -2.32. The Morgan fingerprint density at radius 2 is 1.77 bits per heavy atom. The van der Waals surface area contributed by atoms with Gasteiger partial charge in [0.15, 0.2) is 8.32 Å². The molecule has 0 aromatic heterocycles. The van der Waals surface area contributed by atoms with Crippen LogP contribution in [0.15, 0.2) is 0 Å². The van der Waals surface area contributed by atoms with E-state index in [9.17, 15) is 0 Å². The normalized spacial score (nSPS) is 12.9. The summed E-state index contributed by atoms with van der Waals surface area (Å²) in [5.74, 6) is 0. The maximum absolute atomic E-state index is 8.68. The SMILES string of the molecule is C[Si](C)(CCCO)O[SiH2]CCCO. The van der Waals surface area contributed by atoms with Crippen molar-refractivity contribution in [3.05, 3.63) is 0 Å². The van der Waals surface area contributed by atoms with Crippen molar-refractivity contribution in [1.29, 1.82) is 0 Å². The highest BCUT2D eigenvalue weighted by Gasteiger charge is 2.20. The number of hydrogen-bond donors (Lipinski definition) is 2. The number of hydrogen-bond acceptors (Lipinski definition) is 3. The second-order valence-corrected chi connectivity index (χ2v) is 10.2. The van der Waals surface area contributed by atoms with Crippen LogP contribution in [0.1, 0.15) is 12.8 Å².